The molecule has 1 aliphatic heterocycles. The molecule has 33 heavy (non-hydrogen) atoms. The quantitative estimate of drug-likeness (QED) is 0.508. The summed E-state index contributed by atoms with van der Waals surface area (Å²) in [5, 5.41) is 9.96. The molecule has 1 amide bonds. The van der Waals surface area contributed by atoms with Crippen LogP contribution in [0.3, 0.4) is 0 Å². The maximum atomic E-state index is 13.2. The topological polar surface area (TPSA) is 66.8 Å². The lowest BCUT2D eigenvalue weighted by Gasteiger charge is -2.24. The number of halogens is 1. The van der Waals surface area contributed by atoms with Crippen molar-refractivity contribution in [1.82, 2.24) is 4.90 Å². The highest BCUT2D eigenvalue weighted by Gasteiger charge is 2.35. The van der Waals surface area contributed by atoms with Gasteiger partial charge in [-0.2, -0.15) is 0 Å². The summed E-state index contributed by atoms with van der Waals surface area (Å²) in [4.78, 5) is 26.0. The molecule has 0 saturated heterocycles. The molecule has 0 fully saturated rings. The molecule has 1 unspecified atom stereocenters. The number of carboxylic acid groups (broad SMARTS) is 1. The normalized spacial score (nSPS) is 16.7. The van der Waals surface area contributed by atoms with Gasteiger partial charge in [0.15, 0.2) is 0 Å². The predicted octanol–water partition coefficient (Wildman–Crippen LogP) is 5.05. The van der Waals surface area contributed by atoms with Crippen molar-refractivity contribution in [2.45, 2.75) is 31.8 Å². The van der Waals surface area contributed by atoms with Gasteiger partial charge in [-0.15, -0.1) is 0 Å². The summed E-state index contributed by atoms with van der Waals surface area (Å²) in [5.41, 5.74) is 3.18. The van der Waals surface area contributed by atoms with Crippen LogP contribution in [0.15, 0.2) is 72.8 Å². The molecule has 1 aliphatic rings. The summed E-state index contributed by atoms with van der Waals surface area (Å²) in [6, 6.07) is 22.9. The minimum atomic E-state index is -1.05. The fourth-order valence-electron chi connectivity index (χ4n) is 4.34. The zero-order chi connectivity index (χ0) is 23.4. The lowest BCUT2D eigenvalue weighted by molar-refractivity contribution is -0.137. The van der Waals surface area contributed by atoms with Crippen LogP contribution in [-0.2, 0) is 24.1 Å². The van der Waals surface area contributed by atoms with Crippen molar-refractivity contribution >= 4 is 23.5 Å². The molecule has 1 N–H and O–H groups in total. The van der Waals surface area contributed by atoms with Crippen LogP contribution in [0.2, 0.25) is 5.02 Å². The van der Waals surface area contributed by atoms with Crippen LogP contribution in [0.1, 0.15) is 34.0 Å². The number of fused-ring (bicyclic) bond motifs is 1. The van der Waals surface area contributed by atoms with Gasteiger partial charge in [-0.3, -0.25) is 9.59 Å². The lowest BCUT2D eigenvalue weighted by atomic mass is 9.91. The number of hydrogen-bond acceptors (Lipinski definition) is 3. The zero-order valence-electron chi connectivity index (χ0n) is 18.5. The van der Waals surface area contributed by atoms with Crippen LogP contribution in [0, 0.1) is 0 Å². The third-order valence-corrected chi connectivity index (χ3v) is 6.06. The molecule has 3 aromatic carbocycles. The Hall–Kier alpha value is -3.31. The summed E-state index contributed by atoms with van der Waals surface area (Å²) in [7, 11) is 0. The summed E-state index contributed by atoms with van der Waals surface area (Å²) >= 11 is 6.04. The Bertz CT molecular complexity index is 1160. The Labute approximate surface area is 198 Å². The number of ether oxygens (including phenoxy) is 1. The number of hydrogen-bond donors (Lipinski definition) is 1. The zero-order valence-corrected chi connectivity index (χ0v) is 19.2. The van der Waals surface area contributed by atoms with Gasteiger partial charge < -0.3 is 14.7 Å². The standard InChI is InChI=1S/C27H26ClNO4/c1-27(16-20-6-3-2-4-7-20)17-22-15-21(10-11-24(22)33-27)26(32)29(18-25(30)31)13-12-19-8-5-9-23(28)14-19/h2-11,14-15H,12-13,16-18H2,1H3,(H,30,31). The maximum absolute atomic E-state index is 13.2. The van der Waals surface area contributed by atoms with E-state index in [9.17, 15) is 14.7 Å². The van der Waals surface area contributed by atoms with E-state index >= 15 is 0 Å². The average molecular weight is 464 g/mol. The predicted molar refractivity (Wildman–Crippen MR) is 128 cm³/mol. The number of benzene rings is 3. The van der Waals surface area contributed by atoms with Crippen LogP contribution in [0.4, 0.5) is 0 Å². The van der Waals surface area contributed by atoms with E-state index in [1.54, 1.807) is 12.1 Å². The van der Waals surface area contributed by atoms with E-state index in [2.05, 4.69) is 19.1 Å². The van der Waals surface area contributed by atoms with Crippen LogP contribution in [-0.4, -0.2) is 40.6 Å². The van der Waals surface area contributed by atoms with Gasteiger partial charge in [0.25, 0.3) is 5.91 Å². The first kappa shape index (κ1) is 22.9. The maximum Gasteiger partial charge on any atom is 0.323 e. The van der Waals surface area contributed by atoms with E-state index in [1.807, 2.05) is 48.5 Å². The van der Waals surface area contributed by atoms with Gasteiger partial charge in [0, 0.05) is 30.0 Å². The second kappa shape index (κ2) is 9.67. The Morgan fingerprint density at radius 2 is 1.79 bits per heavy atom. The summed E-state index contributed by atoms with van der Waals surface area (Å²) in [6.45, 7) is 1.99. The van der Waals surface area contributed by atoms with Gasteiger partial charge in [0.05, 0.1) is 0 Å². The van der Waals surface area contributed by atoms with Crippen molar-refractivity contribution in [3.8, 4) is 5.75 Å². The molecule has 1 heterocycles. The number of amides is 1. The van der Waals surface area contributed by atoms with Crippen LogP contribution in [0.25, 0.3) is 0 Å². The smallest absolute Gasteiger partial charge is 0.323 e. The fraction of sp³-hybridized carbons (Fsp3) is 0.259. The van der Waals surface area contributed by atoms with E-state index in [1.165, 1.54) is 10.5 Å². The highest BCUT2D eigenvalue weighted by Crippen LogP contribution is 2.37. The monoisotopic (exact) mass is 463 g/mol. The van der Waals surface area contributed by atoms with Gasteiger partial charge in [0.1, 0.15) is 17.9 Å². The average Bonchev–Trinajstić information content (AvgIpc) is 3.11. The van der Waals surface area contributed by atoms with Gasteiger partial charge in [-0.1, -0.05) is 54.1 Å². The molecule has 1 atom stereocenters. The molecule has 3 aromatic rings. The molecule has 0 saturated carbocycles. The molecule has 4 rings (SSSR count). The Morgan fingerprint density at radius 3 is 2.52 bits per heavy atom. The SMILES string of the molecule is CC1(Cc2ccccc2)Cc2cc(C(=O)N(CCc3cccc(Cl)c3)CC(=O)O)ccc2O1. The molecule has 0 radical (unpaired) electrons. The second-order valence-electron chi connectivity index (χ2n) is 8.71. The minimum Gasteiger partial charge on any atom is -0.487 e. The number of nitrogens with zero attached hydrogens (tertiary/aromatic N) is 1. The van der Waals surface area contributed by atoms with Crippen molar-refractivity contribution in [3.05, 3.63) is 100 Å². The van der Waals surface area contributed by atoms with Crippen LogP contribution in [0.5, 0.6) is 5.75 Å². The second-order valence-corrected chi connectivity index (χ2v) is 9.15. The number of carbonyl (C=O) groups excluding carboxylic acids is 1. The molecular formula is C27H26ClNO4. The highest BCUT2D eigenvalue weighted by molar-refractivity contribution is 6.30. The van der Waals surface area contributed by atoms with Crippen molar-refractivity contribution in [1.29, 1.82) is 0 Å². The van der Waals surface area contributed by atoms with Gasteiger partial charge >= 0.3 is 5.97 Å². The summed E-state index contributed by atoms with van der Waals surface area (Å²) < 4.78 is 6.24. The molecular weight excluding hydrogens is 438 g/mol. The molecule has 0 aromatic heterocycles. The molecule has 0 aliphatic carbocycles. The first-order valence-corrected chi connectivity index (χ1v) is 11.3. The lowest BCUT2D eigenvalue weighted by Crippen LogP contribution is -2.37. The van der Waals surface area contributed by atoms with Gasteiger partial charge in [-0.25, -0.2) is 0 Å². The third-order valence-electron chi connectivity index (χ3n) is 5.82. The van der Waals surface area contributed by atoms with Crippen LogP contribution >= 0.6 is 11.6 Å². The van der Waals surface area contributed by atoms with Gasteiger partial charge in [0.2, 0.25) is 0 Å². The van der Waals surface area contributed by atoms with E-state index in [-0.39, 0.29) is 19.0 Å². The van der Waals surface area contributed by atoms with Crippen molar-refractivity contribution in [3.63, 3.8) is 0 Å². The fourth-order valence-corrected chi connectivity index (χ4v) is 4.55. The molecule has 5 nitrogen and oxygen atoms in total. The number of carbonyl (C=O) groups is 2. The van der Waals surface area contributed by atoms with Crippen molar-refractivity contribution < 1.29 is 19.4 Å². The highest BCUT2D eigenvalue weighted by atomic mass is 35.5. The number of aliphatic carboxylic acids is 1. The Morgan fingerprint density at radius 1 is 1.03 bits per heavy atom. The number of rotatable bonds is 8. The van der Waals surface area contributed by atoms with E-state index in [0.717, 1.165) is 23.3 Å². The first-order chi connectivity index (χ1) is 15.8. The third kappa shape index (κ3) is 5.74. The molecule has 0 bridgehead atoms. The van der Waals surface area contributed by atoms with E-state index in [4.69, 9.17) is 16.3 Å². The Balaban J connectivity index is 1.48. The first-order valence-electron chi connectivity index (χ1n) is 10.9. The summed E-state index contributed by atoms with van der Waals surface area (Å²) in [6.07, 6.45) is 1.96. The molecule has 170 valence electrons. The molecule has 6 heteroatoms. The minimum absolute atomic E-state index is 0.283. The largest absolute Gasteiger partial charge is 0.487 e. The van der Waals surface area contributed by atoms with Gasteiger partial charge in [-0.05, 0) is 60.4 Å². The Kier molecular flexibility index (Phi) is 6.70. The van der Waals surface area contributed by atoms with E-state index < -0.39 is 11.6 Å². The molecule has 0 spiro atoms. The summed E-state index contributed by atoms with van der Waals surface area (Å²) in [5.74, 6) is -0.582. The number of carboxylic acids is 1. The van der Waals surface area contributed by atoms with Crippen molar-refractivity contribution in [2.75, 3.05) is 13.1 Å². The van der Waals surface area contributed by atoms with E-state index in [0.29, 0.717) is 23.4 Å². The van der Waals surface area contributed by atoms with Crippen LogP contribution < -0.4 is 4.74 Å². The van der Waals surface area contributed by atoms with Crippen molar-refractivity contribution in [2.24, 2.45) is 0 Å².